The minimum atomic E-state index is -0.712. The maximum atomic E-state index is 12.9. The first-order valence-electron chi connectivity index (χ1n) is 8.86. The van der Waals surface area contributed by atoms with Crippen LogP contribution in [0.4, 0.5) is 10.7 Å². The zero-order chi connectivity index (χ0) is 23.6. The van der Waals surface area contributed by atoms with Gasteiger partial charge in [0, 0.05) is 10.0 Å². The predicted octanol–water partition coefficient (Wildman–Crippen LogP) is 6.96. The molecule has 0 saturated heterocycles. The van der Waals surface area contributed by atoms with Gasteiger partial charge in [0.15, 0.2) is 0 Å². The van der Waals surface area contributed by atoms with E-state index >= 15 is 0 Å². The highest BCUT2D eigenvalue weighted by atomic mass is 35.5. The Balaban J connectivity index is 1.97. The maximum absolute atomic E-state index is 12.9. The number of carbonyl (C=O) groups excluding carboxylic acids is 3. The average Bonchev–Trinajstić information content (AvgIpc) is 3.05. The number of ether oxygens (including phenoxy) is 1. The van der Waals surface area contributed by atoms with Crippen LogP contribution in [0.25, 0.3) is 0 Å². The van der Waals surface area contributed by atoms with Crippen LogP contribution in [-0.4, -0.2) is 24.9 Å². The quantitative estimate of drug-likeness (QED) is 0.348. The molecule has 1 heterocycles. The molecule has 0 aliphatic carbocycles. The summed E-state index contributed by atoms with van der Waals surface area (Å²) < 4.78 is 4.83. The van der Waals surface area contributed by atoms with E-state index in [4.69, 9.17) is 51.1 Å². The van der Waals surface area contributed by atoms with Crippen molar-refractivity contribution in [3.63, 3.8) is 0 Å². The smallest absolute Gasteiger partial charge is 0.341 e. The fourth-order valence-electron chi connectivity index (χ4n) is 2.78. The molecule has 11 heteroatoms. The summed E-state index contributed by atoms with van der Waals surface area (Å²) in [5.41, 5.74) is 0.832. The van der Waals surface area contributed by atoms with Crippen molar-refractivity contribution >= 4 is 86.2 Å². The van der Waals surface area contributed by atoms with E-state index in [2.05, 4.69) is 10.6 Å². The molecule has 0 unspecified atom stereocenters. The number of thiophene rings is 1. The van der Waals surface area contributed by atoms with Crippen LogP contribution in [-0.2, 0) is 4.74 Å². The molecule has 0 bridgehead atoms. The van der Waals surface area contributed by atoms with Gasteiger partial charge in [-0.1, -0.05) is 46.4 Å². The van der Waals surface area contributed by atoms with Gasteiger partial charge in [-0.3, -0.25) is 9.59 Å². The Morgan fingerprint density at radius 2 is 1.53 bits per heavy atom. The maximum Gasteiger partial charge on any atom is 0.341 e. The molecule has 0 aliphatic rings. The summed E-state index contributed by atoms with van der Waals surface area (Å²) in [6, 6.07) is 9.01. The van der Waals surface area contributed by atoms with Gasteiger partial charge in [0.05, 0.1) is 38.8 Å². The number of hydrogen-bond donors (Lipinski definition) is 2. The van der Waals surface area contributed by atoms with E-state index in [1.807, 2.05) is 0 Å². The van der Waals surface area contributed by atoms with Crippen LogP contribution < -0.4 is 10.6 Å². The number of amides is 2. The van der Waals surface area contributed by atoms with Crippen molar-refractivity contribution in [2.45, 2.75) is 6.92 Å². The van der Waals surface area contributed by atoms with Gasteiger partial charge >= 0.3 is 5.97 Å². The van der Waals surface area contributed by atoms with Gasteiger partial charge in [-0.2, -0.15) is 0 Å². The summed E-state index contributed by atoms with van der Waals surface area (Å²) in [5.74, 6) is -1.83. The zero-order valence-corrected chi connectivity index (χ0v) is 20.4. The zero-order valence-electron chi connectivity index (χ0n) is 16.5. The Bertz CT molecular complexity index is 1240. The number of benzene rings is 2. The number of esters is 1. The van der Waals surface area contributed by atoms with E-state index in [1.54, 1.807) is 19.1 Å². The Morgan fingerprint density at radius 1 is 0.875 bits per heavy atom. The summed E-state index contributed by atoms with van der Waals surface area (Å²) in [6.45, 7) is 1.57. The summed E-state index contributed by atoms with van der Waals surface area (Å²) in [7, 11) is 1.20. The molecule has 2 aromatic carbocycles. The minimum Gasteiger partial charge on any atom is -0.465 e. The third kappa shape index (κ3) is 5.19. The second-order valence-corrected chi connectivity index (χ2v) is 9.12. The van der Waals surface area contributed by atoms with Crippen molar-refractivity contribution in [3.8, 4) is 0 Å². The SMILES string of the molecule is COC(=O)c1c(NC(=O)c2ccc(Cl)cc2Cl)sc(C(=O)Nc2cc(Cl)ccc2Cl)c1C. The molecule has 32 heavy (non-hydrogen) atoms. The highest BCUT2D eigenvalue weighted by Crippen LogP contribution is 2.36. The first-order valence-corrected chi connectivity index (χ1v) is 11.2. The highest BCUT2D eigenvalue weighted by Gasteiger charge is 2.27. The van der Waals surface area contributed by atoms with Crippen molar-refractivity contribution < 1.29 is 19.1 Å². The number of carbonyl (C=O) groups is 3. The van der Waals surface area contributed by atoms with Crippen molar-refractivity contribution in [2.24, 2.45) is 0 Å². The molecule has 3 aromatic rings. The van der Waals surface area contributed by atoms with Crippen LogP contribution in [0.15, 0.2) is 36.4 Å². The van der Waals surface area contributed by atoms with Gasteiger partial charge < -0.3 is 15.4 Å². The molecular formula is C21H14Cl4N2O4S. The highest BCUT2D eigenvalue weighted by molar-refractivity contribution is 7.19. The van der Waals surface area contributed by atoms with Gasteiger partial charge in [0.2, 0.25) is 0 Å². The molecular weight excluding hydrogens is 518 g/mol. The summed E-state index contributed by atoms with van der Waals surface area (Å²) in [4.78, 5) is 38.3. The largest absolute Gasteiger partial charge is 0.465 e. The summed E-state index contributed by atoms with van der Waals surface area (Å²) in [5, 5.41) is 6.60. The Kier molecular flexibility index (Phi) is 7.69. The lowest BCUT2D eigenvalue weighted by Gasteiger charge is -2.07. The number of anilines is 2. The topological polar surface area (TPSA) is 84.5 Å². The standard InChI is InChI=1S/C21H14Cl4N2O4S/c1-9-16(21(30)31-2)20(27-18(28)12-5-3-10(22)7-14(12)25)32-17(9)19(29)26-15-8-11(23)4-6-13(15)24/h3-8H,1-2H3,(H,26,29)(H,27,28). The number of methoxy groups -OCH3 is 1. The monoisotopic (exact) mass is 530 g/mol. The van der Waals surface area contributed by atoms with Gasteiger partial charge in [-0.25, -0.2) is 4.79 Å². The lowest BCUT2D eigenvalue weighted by atomic mass is 10.1. The Hall–Kier alpha value is -2.29. The van der Waals surface area contributed by atoms with Crippen LogP contribution >= 0.6 is 57.7 Å². The molecule has 0 saturated carbocycles. The molecule has 0 radical (unpaired) electrons. The van der Waals surface area contributed by atoms with Crippen LogP contribution in [0.3, 0.4) is 0 Å². The van der Waals surface area contributed by atoms with Crippen molar-refractivity contribution in [2.75, 3.05) is 17.7 Å². The molecule has 2 N–H and O–H groups in total. The molecule has 0 spiro atoms. The molecule has 0 atom stereocenters. The number of nitrogens with one attached hydrogen (secondary N) is 2. The van der Waals surface area contributed by atoms with Crippen LogP contribution in [0.5, 0.6) is 0 Å². The third-order valence-electron chi connectivity index (χ3n) is 4.32. The number of hydrogen-bond acceptors (Lipinski definition) is 5. The lowest BCUT2D eigenvalue weighted by molar-refractivity contribution is 0.0601. The lowest BCUT2D eigenvalue weighted by Crippen LogP contribution is -2.15. The van der Waals surface area contributed by atoms with Gasteiger partial charge in [0.1, 0.15) is 5.00 Å². The van der Waals surface area contributed by atoms with E-state index < -0.39 is 17.8 Å². The van der Waals surface area contributed by atoms with Crippen LogP contribution in [0, 0.1) is 6.92 Å². The molecule has 6 nitrogen and oxygen atoms in total. The normalized spacial score (nSPS) is 10.6. The third-order valence-corrected chi connectivity index (χ3v) is 6.64. The van der Waals surface area contributed by atoms with Crippen molar-refractivity contribution in [3.05, 3.63) is 78.1 Å². The Morgan fingerprint density at radius 3 is 2.19 bits per heavy atom. The van der Waals surface area contributed by atoms with Gasteiger partial charge in [0.25, 0.3) is 11.8 Å². The fraction of sp³-hybridized carbons (Fsp3) is 0.0952. The molecule has 166 valence electrons. The van der Waals surface area contributed by atoms with Crippen LogP contribution in [0.2, 0.25) is 20.1 Å². The van der Waals surface area contributed by atoms with E-state index in [9.17, 15) is 14.4 Å². The van der Waals surface area contributed by atoms with Crippen molar-refractivity contribution in [1.82, 2.24) is 0 Å². The van der Waals surface area contributed by atoms with Crippen molar-refractivity contribution in [1.29, 1.82) is 0 Å². The molecule has 3 rings (SSSR count). The average molecular weight is 532 g/mol. The molecule has 0 fully saturated rings. The Labute approximate surface area is 207 Å². The van der Waals surface area contributed by atoms with Gasteiger partial charge in [-0.15, -0.1) is 11.3 Å². The van der Waals surface area contributed by atoms with E-state index in [0.717, 1.165) is 11.3 Å². The molecule has 0 aliphatic heterocycles. The summed E-state index contributed by atoms with van der Waals surface area (Å²) in [6.07, 6.45) is 0. The molecule has 1 aromatic heterocycles. The first kappa shape index (κ1) is 24.4. The predicted molar refractivity (Wildman–Crippen MR) is 129 cm³/mol. The summed E-state index contributed by atoms with van der Waals surface area (Å²) >= 11 is 25.0. The molecule has 2 amide bonds. The van der Waals surface area contributed by atoms with Crippen LogP contribution in [0.1, 0.15) is 36.0 Å². The minimum absolute atomic E-state index is 0.0540. The second kappa shape index (κ2) is 10.1. The van der Waals surface area contributed by atoms with E-state index in [1.165, 1.54) is 31.4 Å². The van der Waals surface area contributed by atoms with E-state index in [-0.39, 0.29) is 31.1 Å². The van der Waals surface area contributed by atoms with Gasteiger partial charge in [-0.05, 0) is 48.9 Å². The first-order chi connectivity index (χ1) is 15.1. The van der Waals surface area contributed by atoms with E-state index in [0.29, 0.717) is 21.3 Å². The number of halogens is 4. The number of rotatable bonds is 5. The fourth-order valence-corrected chi connectivity index (χ4v) is 4.70. The second-order valence-electron chi connectivity index (χ2n) is 6.41.